The Bertz CT molecular complexity index is 987. The molecular formula is C20H17ClN2O3S. The minimum absolute atomic E-state index is 0.239. The Hall–Kier alpha value is -2.67. The predicted octanol–water partition coefficient (Wildman–Crippen LogP) is 4.68. The molecule has 5 nitrogen and oxygen atoms in total. The molecule has 2 amide bonds. The van der Waals surface area contributed by atoms with Crippen LogP contribution in [0.1, 0.15) is 37.9 Å². The van der Waals surface area contributed by atoms with Gasteiger partial charge in [0.2, 0.25) is 0 Å². The molecule has 0 spiro atoms. The first kappa shape index (κ1) is 19.1. The summed E-state index contributed by atoms with van der Waals surface area (Å²) in [6.07, 6.45) is 0. The van der Waals surface area contributed by atoms with Crippen molar-refractivity contribution in [3.8, 4) is 11.1 Å². The minimum atomic E-state index is -0.639. The number of halogens is 1. The third kappa shape index (κ3) is 4.36. The zero-order valence-corrected chi connectivity index (χ0v) is 16.0. The molecule has 0 aliphatic carbocycles. The molecule has 3 aromatic rings. The van der Waals surface area contributed by atoms with Crippen LogP contribution < -0.4 is 10.8 Å². The summed E-state index contributed by atoms with van der Waals surface area (Å²) in [6.45, 7) is 1.89. The number of carbonyl (C=O) groups excluding carboxylic acids is 2. The number of hydrogen-bond donors (Lipinski definition) is 3. The molecule has 0 fully saturated rings. The maximum Gasteiger partial charge on any atom is 0.284 e. The molecule has 7 heteroatoms. The van der Waals surface area contributed by atoms with Gasteiger partial charge in [-0.2, -0.15) is 0 Å². The Kier molecular flexibility index (Phi) is 5.91. The fourth-order valence-corrected chi connectivity index (χ4v) is 3.70. The molecule has 0 saturated carbocycles. The van der Waals surface area contributed by atoms with Gasteiger partial charge in [0.1, 0.15) is 0 Å². The molecule has 1 atom stereocenters. The van der Waals surface area contributed by atoms with Crippen molar-refractivity contribution in [3.63, 3.8) is 0 Å². The molecule has 2 aromatic carbocycles. The first-order valence-corrected chi connectivity index (χ1v) is 9.39. The highest BCUT2D eigenvalue weighted by Gasteiger charge is 2.16. The second-order valence-electron chi connectivity index (χ2n) is 5.91. The van der Waals surface area contributed by atoms with Crippen molar-refractivity contribution in [1.29, 1.82) is 0 Å². The van der Waals surface area contributed by atoms with E-state index < -0.39 is 5.91 Å². The molecule has 0 radical (unpaired) electrons. The minimum Gasteiger partial charge on any atom is -0.345 e. The van der Waals surface area contributed by atoms with Crippen molar-refractivity contribution in [2.45, 2.75) is 13.0 Å². The van der Waals surface area contributed by atoms with Crippen LogP contribution in [0.25, 0.3) is 11.1 Å². The summed E-state index contributed by atoms with van der Waals surface area (Å²) in [5, 5.41) is 12.3. The molecule has 1 aromatic heterocycles. The Balaban J connectivity index is 1.76. The van der Waals surface area contributed by atoms with Crippen LogP contribution >= 0.6 is 22.9 Å². The van der Waals surface area contributed by atoms with Gasteiger partial charge in [0, 0.05) is 10.6 Å². The van der Waals surface area contributed by atoms with Gasteiger partial charge in [-0.25, -0.2) is 5.48 Å². The smallest absolute Gasteiger partial charge is 0.284 e. The van der Waals surface area contributed by atoms with Gasteiger partial charge in [-0.05, 0) is 42.3 Å². The van der Waals surface area contributed by atoms with E-state index in [9.17, 15) is 9.59 Å². The standard InChI is InChI=1S/C20H17ClN2O3S/c1-12(22-19(24)17-9-10-18(27-17)20(25)23-26)13-5-4-6-14(11-13)15-7-2-3-8-16(15)21/h2-12,26H,1H3,(H,22,24)(H,23,25). The number of hydrogen-bond acceptors (Lipinski definition) is 4. The third-order valence-electron chi connectivity index (χ3n) is 4.07. The Labute approximate surface area is 165 Å². The molecule has 0 aliphatic rings. The van der Waals surface area contributed by atoms with Gasteiger partial charge in [0.25, 0.3) is 11.8 Å². The molecule has 1 unspecified atom stereocenters. The van der Waals surface area contributed by atoms with Crippen LogP contribution in [0.15, 0.2) is 60.7 Å². The lowest BCUT2D eigenvalue weighted by molar-refractivity contribution is 0.0711. The maximum atomic E-state index is 12.4. The maximum absolute atomic E-state index is 12.4. The van der Waals surface area contributed by atoms with Gasteiger partial charge in [-0.15, -0.1) is 11.3 Å². The lowest BCUT2D eigenvalue weighted by Crippen LogP contribution is -2.25. The normalized spacial score (nSPS) is 11.7. The lowest BCUT2D eigenvalue weighted by Gasteiger charge is -2.15. The topological polar surface area (TPSA) is 78.4 Å². The Morgan fingerprint density at radius 3 is 2.41 bits per heavy atom. The van der Waals surface area contributed by atoms with Crippen molar-refractivity contribution in [2.75, 3.05) is 0 Å². The van der Waals surface area contributed by atoms with Crippen LogP contribution in [0.4, 0.5) is 0 Å². The molecule has 138 valence electrons. The number of hydroxylamine groups is 1. The molecule has 0 saturated heterocycles. The number of nitrogens with one attached hydrogen (secondary N) is 2. The van der Waals surface area contributed by atoms with E-state index in [1.807, 2.05) is 55.5 Å². The first-order chi connectivity index (χ1) is 13.0. The zero-order chi connectivity index (χ0) is 19.4. The van der Waals surface area contributed by atoms with Crippen molar-refractivity contribution in [2.24, 2.45) is 0 Å². The van der Waals surface area contributed by atoms with Crippen LogP contribution in [0, 0.1) is 0 Å². The predicted molar refractivity (Wildman–Crippen MR) is 106 cm³/mol. The van der Waals surface area contributed by atoms with E-state index in [2.05, 4.69) is 5.32 Å². The monoisotopic (exact) mass is 400 g/mol. The van der Waals surface area contributed by atoms with E-state index >= 15 is 0 Å². The largest absolute Gasteiger partial charge is 0.345 e. The van der Waals surface area contributed by atoms with Gasteiger partial charge in [0.15, 0.2) is 0 Å². The van der Waals surface area contributed by atoms with Gasteiger partial charge >= 0.3 is 0 Å². The highest BCUT2D eigenvalue weighted by Crippen LogP contribution is 2.29. The van der Waals surface area contributed by atoms with E-state index in [-0.39, 0.29) is 16.8 Å². The van der Waals surface area contributed by atoms with Gasteiger partial charge in [-0.3, -0.25) is 14.8 Å². The fourth-order valence-electron chi connectivity index (χ4n) is 2.66. The van der Waals surface area contributed by atoms with Crippen molar-refractivity contribution in [3.05, 3.63) is 81.0 Å². The van der Waals surface area contributed by atoms with Crippen molar-refractivity contribution in [1.82, 2.24) is 10.8 Å². The second kappa shape index (κ2) is 8.35. The van der Waals surface area contributed by atoms with E-state index in [4.69, 9.17) is 16.8 Å². The average molecular weight is 401 g/mol. The first-order valence-electron chi connectivity index (χ1n) is 8.19. The number of thiophene rings is 1. The molecule has 27 heavy (non-hydrogen) atoms. The summed E-state index contributed by atoms with van der Waals surface area (Å²) in [5.74, 6) is -0.924. The van der Waals surface area contributed by atoms with Crippen LogP contribution in [-0.2, 0) is 0 Å². The zero-order valence-electron chi connectivity index (χ0n) is 14.4. The number of amides is 2. The van der Waals surface area contributed by atoms with E-state index in [0.717, 1.165) is 28.0 Å². The number of carbonyl (C=O) groups is 2. The molecule has 3 N–H and O–H groups in total. The van der Waals surface area contributed by atoms with Gasteiger partial charge < -0.3 is 5.32 Å². The van der Waals surface area contributed by atoms with Gasteiger partial charge in [-0.1, -0.05) is 48.0 Å². The van der Waals surface area contributed by atoms with Crippen LogP contribution in [-0.4, -0.2) is 17.0 Å². The Morgan fingerprint density at radius 1 is 1.00 bits per heavy atom. The Morgan fingerprint density at radius 2 is 1.70 bits per heavy atom. The highest BCUT2D eigenvalue weighted by atomic mass is 35.5. The SMILES string of the molecule is CC(NC(=O)c1ccc(C(=O)NO)s1)c1cccc(-c2ccccc2Cl)c1. The molecular weight excluding hydrogens is 384 g/mol. The third-order valence-corrected chi connectivity index (χ3v) is 5.49. The van der Waals surface area contributed by atoms with Crippen LogP contribution in [0.5, 0.6) is 0 Å². The second-order valence-corrected chi connectivity index (χ2v) is 7.40. The van der Waals surface area contributed by atoms with Gasteiger partial charge in [0.05, 0.1) is 15.8 Å². The molecule has 1 heterocycles. The highest BCUT2D eigenvalue weighted by molar-refractivity contribution is 7.15. The number of rotatable bonds is 5. The summed E-state index contributed by atoms with van der Waals surface area (Å²) in [5.41, 5.74) is 4.39. The van der Waals surface area contributed by atoms with E-state index in [1.54, 1.807) is 11.5 Å². The van der Waals surface area contributed by atoms with Crippen molar-refractivity contribution >= 4 is 34.8 Å². The molecule has 3 rings (SSSR count). The quantitative estimate of drug-likeness (QED) is 0.430. The van der Waals surface area contributed by atoms with E-state index in [1.165, 1.54) is 6.07 Å². The van der Waals surface area contributed by atoms with Crippen molar-refractivity contribution < 1.29 is 14.8 Å². The summed E-state index contributed by atoms with van der Waals surface area (Å²) in [7, 11) is 0. The fraction of sp³-hybridized carbons (Fsp3) is 0.100. The average Bonchev–Trinajstić information content (AvgIpc) is 3.18. The summed E-state index contributed by atoms with van der Waals surface area (Å²) in [6, 6.07) is 18.2. The van der Waals surface area contributed by atoms with Crippen LogP contribution in [0.2, 0.25) is 5.02 Å². The lowest BCUT2D eigenvalue weighted by atomic mass is 10.00. The van der Waals surface area contributed by atoms with E-state index in [0.29, 0.717) is 9.90 Å². The number of benzene rings is 2. The molecule has 0 aliphatic heterocycles. The van der Waals surface area contributed by atoms with Crippen LogP contribution in [0.3, 0.4) is 0 Å². The summed E-state index contributed by atoms with van der Waals surface area (Å²) in [4.78, 5) is 24.5. The summed E-state index contributed by atoms with van der Waals surface area (Å²) >= 11 is 7.29. The molecule has 0 bridgehead atoms. The summed E-state index contributed by atoms with van der Waals surface area (Å²) < 4.78 is 0.